The average molecular weight is 577 g/mol. The van der Waals surface area contributed by atoms with Crippen LogP contribution < -0.4 is 0 Å². The molecule has 11 heteroatoms. The molecule has 8 nitrogen and oxygen atoms in total. The Morgan fingerprint density at radius 1 is 0.923 bits per heavy atom. The fourth-order valence-corrected chi connectivity index (χ4v) is 9.18. The van der Waals surface area contributed by atoms with Crippen LogP contribution in [0.5, 0.6) is 0 Å². The van der Waals surface area contributed by atoms with E-state index in [1.807, 2.05) is 0 Å². The van der Waals surface area contributed by atoms with Crippen molar-refractivity contribution in [1.29, 1.82) is 0 Å². The molecular formula is C28H42F2O8S. The second kappa shape index (κ2) is 12.4. The number of esters is 1. The van der Waals surface area contributed by atoms with E-state index in [4.69, 9.17) is 14.2 Å². The maximum atomic E-state index is 14.1. The summed E-state index contributed by atoms with van der Waals surface area (Å²) in [6, 6.07) is 0. The molecule has 39 heavy (non-hydrogen) atoms. The van der Waals surface area contributed by atoms with Gasteiger partial charge in [0.1, 0.15) is 23.7 Å². The largest absolute Gasteiger partial charge is 0.509 e. The predicted octanol–water partition coefficient (Wildman–Crippen LogP) is 7.30. The summed E-state index contributed by atoms with van der Waals surface area (Å²) < 4.78 is 49.9. The Bertz CT molecular complexity index is 829. The standard InChI is InChI=1S/C28H42F2O8S/c1-33-37-38-39-28(29,30)24(31)34-18-26-13-19-12-20(14-26)16-27(15-19,17-26)36-25(32)35-23(21-8-4-2-5-9-21)22-10-6-3-7-11-22/h19-23H,2-18H2,1H3. The van der Waals surface area contributed by atoms with Gasteiger partial charge in [-0.15, -0.1) is 4.33 Å². The summed E-state index contributed by atoms with van der Waals surface area (Å²) in [5.41, 5.74) is -1.18. The molecule has 0 aliphatic heterocycles. The van der Waals surface area contributed by atoms with Crippen LogP contribution in [0.15, 0.2) is 0 Å². The number of rotatable bonds is 11. The normalized spacial score (nSPS) is 33.3. The zero-order valence-electron chi connectivity index (χ0n) is 22.8. The Morgan fingerprint density at radius 3 is 2.08 bits per heavy atom. The second-order valence-electron chi connectivity index (χ2n) is 12.9. The van der Waals surface area contributed by atoms with Crippen LogP contribution in [0.25, 0.3) is 0 Å². The Hall–Kier alpha value is -1.17. The molecule has 0 spiro atoms. The van der Waals surface area contributed by atoms with E-state index in [1.165, 1.54) is 38.5 Å². The summed E-state index contributed by atoms with van der Waals surface area (Å²) in [6.45, 7) is -0.146. The van der Waals surface area contributed by atoms with Gasteiger partial charge in [-0.1, -0.05) is 43.6 Å². The summed E-state index contributed by atoms with van der Waals surface area (Å²) in [5, 5.41) is 0.0154. The number of ether oxygens (including phenoxy) is 3. The van der Waals surface area contributed by atoms with Gasteiger partial charge in [0.2, 0.25) is 0 Å². The monoisotopic (exact) mass is 576 g/mol. The third-order valence-corrected chi connectivity index (χ3v) is 10.4. The number of hydrogen-bond donors (Lipinski definition) is 0. The minimum atomic E-state index is -3.95. The van der Waals surface area contributed by atoms with Crippen LogP contribution in [0.1, 0.15) is 103 Å². The maximum absolute atomic E-state index is 14.1. The molecule has 0 amide bonds. The molecule has 6 fully saturated rings. The van der Waals surface area contributed by atoms with Crippen LogP contribution in [0, 0.1) is 29.1 Å². The zero-order valence-corrected chi connectivity index (χ0v) is 23.7. The molecule has 6 rings (SSSR count). The summed E-state index contributed by atoms with van der Waals surface area (Å²) in [6.07, 6.45) is 15.5. The van der Waals surface area contributed by atoms with E-state index in [9.17, 15) is 18.4 Å². The highest BCUT2D eigenvalue weighted by Crippen LogP contribution is 2.63. The fraction of sp³-hybridized carbons (Fsp3) is 0.929. The molecule has 6 saturated carbocycles. The van der Waals surface area contributed by atoms with Crippen LogP contribution in [-0.2, 0) is 33.3 Å². The van der Waals surface area contributed by atoms with Crippen molar-refractivity contribution in [3.05, 3.63) is 0 Å². The van der Waals surface area contributed by atoms with Gasteiger partial charge in [-0.05, 0) is 87.9 Å². The number of alkyl halides is 2. The van der Waals surface area contributed by atoms with Crippen LogP contribution in [-0.4, -0.2) is 42.8 Å². The summed E-state index contributed by atoms with van der Waals surface area (Å²) in [4.78, 5) is 29.6. The van der Waals surface area contributed by atoms with Gasteiger partial charge in [0.15, 0.2) is 0 Å². The van der Waals surface area contributed by atoms with E-state index in [1.54, 1.807) is 0 Å². The Balaban J connectivity index is 1.22. The third kappa shape index (κ3) is 7.01. The SMILES string of the molecule is COOOSC(F)(F)C(=O)OCC12CC3CC(C1)CC(OC(=O)OC(C1CCCCC1)C1CCCCC1)(C3)C2. The van der Waals surface area contributed by atoms with Gasteiger partial charge in [0, 0.05) is 5.41 Å². The fourth-order valence-electron chi connectivity index (χ4n) is 8.89. The smallest absolute Gasteiger partial charge is 0.460 e. The van der Waals surface area contributed by atoms with Crippen LogP contribution in [0.3, 0.4) is 0 Å². The zero-order chi connectivity index (χ0) is 27.5. The highest BCUT2D eigenvalue weighted by atomic mass is 32.2. The highest BCUT2D eigenvalue weighted by molar-refractivity contribution is 7.96. The lowest BCUT2D eigenvalue weighted by molar-refractivity contribution is -0.448. The van der Waals surface area contributed by atoms with Gasteiger partial charge in [-0.3, -0.25) is 0 Å². The molecule has 0 heterocycles. The number of carbonyl (C=O) groups is 2. The molecule has 6 aliphatic carbocycles. The van der Waals surface area contributed by atoms with Gasteiger partial charge in [0.05, 0.1) is 13.7 Å². The van der Waals surface area contributed by atoms with E-state index >= 15 is 0 Å². The van der Waals surface area contributed by atoms with Crippen molar-refractivity contribution in [3.63, 3.8) is 0 Å². The summed E-state index contributed by atoms with van der Waals surface area (Å²) in [7, 11) is 1.09. The lowest BCUT2D eigenvalue weighted by Crippen LogP contribution is -2.59. The van der Waals surface area contributed by atoms with Gasteiger partial charge < -0.3 is 14.2 Å². The van der Waals surface area contributed by atoms with Crippen LogP contribution in [0.2, 0.25) is 0 Å². The first-order chi connectivity index (χ1) is 18.7. The molecule has 2 atom stereocenters. The quantitative estimate of drug-likeness (QED) is 0.0826. The number of hydrogen-bond acceptors (Lipinski definition) is 9. The third-order valence-electron chi connectivity index (χ3n) is 9.87. The first kappa shape index (κ1) is 29.3. The molecule has 4 bridgehead atoms. The summed E-state index contributed by atoms with van der Waals surface area (Å²) >= 11 is -0.476. The van der Waals surface area contributed by atoms with E-state index in [-0.39, 0.29) is 12.7 Å². The lowest BCUT2D eigenvalue weighted by Gasteiger charge is -2.60. The van der Waals surface area contributed by atoms with Crippen LogP contribution in [0.4, 0.5) is 13.6 Å². The first-order valence-corrected chi connectivity index (χ1v) is 15.5. The average Bonchev–Trinajstić information content (AvgIpc) is 2.90. The molecule has 0 aromatic rings. The van der Waals surface area contributed by atoms with E-state index < -0.39 is 40.4 Å². The van der Waals surface area contributed by atoms with E-state index in [0.29, 0.717) is 30.1 Å². The van der Waals surface area contributed by atoms with Crippen molar-refractivity contribution in [2.45, 2.75) is 120 Å². The first-order valence-electron chi connectivity index (χ1n) is 14.7. The van der Waals surface area contributed by atoms with Crippen molar-refractivity contribution in [2.75, 3.05) is 13.7 Å². The molecule has 0 N–H and O–H groups in total. The lowest BCUT2D eigenvalue weighted by atomic mass is 9.48. The molecule has 0 aromatic heterocycles. The minimum absolute atomic E-state index is 0.0917. The molecular weight excluding hydrogens is 534 g/mol. The van der Waals surface area contributed by atoms with Crippen LogP contribution >= 0.6 is 12.0 Å². The minimum Gasteiger partial charge on any atom is -0.460 e. The van der Waals surface area contributed by atoms with Crippen molar-refractivity contribution in [3.8, 4) is 0 Å². The van der Waals surface area contributed by atoms with E-state index in [0.717, 1.165) is 64.9 Å². The van der Waals surface area contributed by atoms with E-state index in [2.05, 4.69) is 14.3 Å². The van der Waals surface area contributed by atoms with Gasteiger partial charge in [-0.25, -0.2) is 14.5 Å². The molecule has 0 saturated heterocycles. The van der Waals surface area contributed by atoms with Crippen molar-refractivity contribution in [2.24, 2.45) is 29.1 Å². The molecule has 0 radical (unpaired) electrons. The van der Waals surface area contributed by atoms with Gasteiger partial charge in [-0.2, -0.15) is 8.78 Å². The molecule has 222 valence electrons. The molecule has 2 unspecified atom stereocenters. The number of halogens is 2. The molecule has 6 aliphatic rings. The Labute approximate surface area is 233 Å². The van der Waals surface area contributed by atoms with Gasteiger partial charge in [0.25, 0.3) is 0 Å². The predicted molar refractivity (Wildman–Crippen MR) is 137 cm³/mol. The van der Waals surface area contributed by atoms with Crippen molar-refractivity contribution in [1.82, 2.24) is 0 Å². The topological polar surface area (TPSA) is 89.5 Å². The molecule has 0 aromatic carbocycles. The van der Waals surface area contributed by atoms with Gasteiger partial charge >= 0.3 is 17.4 Å². The summed E-state index contributed by atoms with van der Waals surface area (Å²) in [5.74, 6) is -0.291. The van der Waals surface area contributed by atoms with Crippen molar-refractivity contribution < 1.29 is 46.8 Å². The van der Waals surface area contributed by atoms with Crippen molar-refractivity contribution >= 4 is 24.2 Å². The number of carbonyl (C=O) groups excluding carboxylic acids is 2. The highest BCUT2D eigenvalue weighted by Gasteiger charge is 2.61. The second-order valence-corrected chi connectivity index (χ2v) is 13.7. The Kier molecular flexibility index (Phi) is 9.30. The Morgan fingerprint density at radius 2 is 1.51 bits per heavy atom. The maximum Gasteiger partial charge on any atom is 0.509 e.